The van der Waals surface area contributed by atoms with E-state index in [9.17, 15) is 0 Å². The lowest BCUT2D eigenvalue weighted by atomic mass is 10.1. The fraction of sp³-hybridized carbons (Fsp3) is 0. The number of halogens is 1. The Kier molecular flexibility index (Phi) is 3.18. The predicted octanol–water partition coefficient (Wildman–Crippen LogP) is 4.64. The molecule has 0 radical (unpaired) electrons. The molecule has 0 aliphatic rings. The van der Waals surface area contributed by atoms with Crippen molar-refractivity contribution in [3.05, 3.63) is 64.2 Å². The Morgan fingerprint density at radius 1 is 0.773 bits per heavy atom. The monoisotopic (exact) mass is 397 g/mol. The van der Waals surface area contributed by atoms with E-state index in [2.05, 4.69) is 45.8 Å². The van der Waals surface area contributed by atoms with Crippen LogP contribution in [0.25, 0.3) is 33.1 Å². The number of hydrogen-bond donors (Lipinski definition) is 1. The van der Waals surface area contributed by atoms with Crippen molar-refractivity contribution < 1.29 is 0 Å². The molecule has 4 aromatic rings. The van der Waals surface area contributed by atoms with Crippen molar-refractivity contribution in [2.24, 2.45) is 0 Å². The molecular weight excluding hydrogens is 385 g/mol. The average molecular weight is 397 g/mol. The van der Waals surface area contributed by atoms with Crippen LogP contribution in [0.3, 0.4) is 0 Å². The van der Waals surface area contributed by atoms with Crippen molar-refractivity contribution in [2.45, 2.75) is 0 Å². The lowest BCUT2D eigenvalue weighted by molar-refractivity contribution is 1.24. The second-order valence-corrected chi connectivity index (χ2v) is 6.37. The highest BCUT2D eigenvalue weighted by Gasteiger charge is 2.10. The summed E-state index contributed by atoms with van der Waals surface area (Å²) in [5, 5.41) is 3.15. The summed E-state index contributed by atoms with van der Waals surface area (Å²) in [6, 6.07) is 20.4. The van der Waals surface area contributed by atoms with Crippen LogP contribution >= 0.6 is 22.6 Å². The van der Waals surface area contributed by atoms with Crippen LogP contribution in [0.5, 0.6) is 0 Å². The number of nitrogens with zero attached hydrogens (tertiary/aromatic N) is 2. The number of hydrogen-bond acceptors (Lipinski definition) is 3. The molecule has 1 aromatic heterocycles. The van der Waals surface area contributed by atoms with Crippen LogP contribution < -0.4 is 5.73 Å². The standard InChI is InChI=1S/C18H12IN3/c19-13-8-5-12(6-9-13)18-21-16-14-4-2-1-3-11(14)7-10-15(16)17(20)22-18/h1-10H,(H2,20,21,22). The van der Waals surface area contributed by atoms with E-state index in [0.29, 0.717) is 11.6 Å². The van der Waals surface area contributed by atoms with Crippen molar-refractivity contribution in [1.82, 2.24) is 9.97 Å². The molecule has 0 saturated carbocycles. The maximum absolute atomic E-state index is 6.16. The minimum Gasteiger partial charge on any atom is -0.383 e. The lowest BCUT2D eigenvalue weighted by Crippen LogP contribution is -1.98. The topological polar surface area (TPSA) is 51.8 Å². The maximum Gasteiger partial charge on any atom is 0.162 e. The number of benzene rings is 3. The molecular formula is C18H12IN3. The van der Waals surface area contributed by atoms with E-state index in [1.54, 1.807) is 0 Å². The molecule has 0 aliphatic carbocycles. The first kappa shape index (κ1) is 13.5. The summed E-state index contributed by atoms with van der Waals surface area (Å²) < 4.78 is 1.18. The zero-order valence-electron chi connectivity index (χ0n) is 11.6. The zero-order chi connectivity index (χ0) is 15.1. The Morgan fingerprint density at radius 3 is 2.36 bits per heavy atom. The highest BCUT2D eigenvalue weighted by atomic mass is 127. The minimum atomic E-state index is 0.518. The van der Waals surface area contributed by atoms with Gasteiger partial charge in [0, 0.05) is 19.9 Å². The molecule has 0 saturated heterocycles. The predicted molar refractivity (Wildman–Crippen MR) is 99.6 cm³/mol. The first-order chi connectivity index (χ1) is 10.7. The van der Waals surface area contributed by atoms with Crippen molar-refractivity contribution in [3.8, 4) is 11.4 Å². The van der Waals surface area contributed by atoms with E-state index >= 15 is 0 Å². The van der Waals surface area contributed by atoms with Crippen molar-refractivity contribution >= 4 is 50.1 Å². The third-order valence-corrected chi connectivity index (χ3v) is 4.44. The van der Waals surface area contributed by atoms with Gasteiger partial charge in [-0.15, -0.1) is 0 Å². The number of nitrogen functional groups attached to an aromatic ring is 1. The molecule has 22 heavy (non-hydrogen) atoms. The number of aromatic nitrogens is 2. The molecule has 0 fully saturated rings. The maximum atomic E-state index is 6.16. The van der Waals surface area contributed by atoms with E-state index in [1.807, 2.05) is 42.5 Å². The van der Waals surface area contributed by atoms with Gasteiger partial charge in [0.15, 0.2) is 5.82 Å². The zero-order valence-corrected chi connectivity index (χ0v) is 13.8. The largest absolute Gasteiger partial charge is 0.383 e. The fourth-order valence-corrected chi connectivity index (χ4v) is 2.98. The average Bonchev–Trinajstić information content (AvgIpc) is 2.55. The van der Waals surface area contributed by atoms with Crippen molar-refractivity contribution in [1.29, 1.82) is 0 Å². The lowest BCUT2D eigenvalue weighted by Gasteiger charge is -2.08. The molecule has 4 rings (SSSR count). The second kappa shape index (κ2) is 5.21. The summed E-state index contributed by atoms with van der Waals surface area (Å²) in [6.45, 7) is 0. The van der Waals surface area contributed by atoms with Gasteiger partial charge in [0.25, 0.3) is 0 Å². The smallest absolute Gasteiger partial charge is 0.162 e. The molecule has 1 heterocycles. The summed E-state index contributed by atoms with van der Waals surface area (Å²) in [5.41, 5.74) is 8.04. The second-order valence-electron chi connectivity index (χ2n) is 5.12. The molecule has 0 unspecified atom stereocenters. The Morgan fingerprint density at radius 2 is 1.55 bits per heavy atom. The summed E-state index contributed by atoms with van der Waals surface area (Å²) in [7, 11) is 0. The first-order valence-corrected chi connectivity index (χ1v) is 8.01. The number of fused-ring (bicyclic) bond motifs is 3. The van der Waals surface area contributed by atoms with Crippen LogP contribution in [-0.4, -0.2) is 9.97 Å². The van der Waals surface area contributed by atoms with Crippen LogP contribution in [0.2, 0.25) is 0 Å². The minimum absolute atomic E-state index is 0.518. The molecule has 2 N–H and O–H groups in total. The van der Waals surface area contributed by atoms with Crippen LogP contribution in [0, 0.1) is 3.57 Å². The molecule has 3 nitrogen and oxygen atoms in total. The van der Waals surface area contributed by atoms with Gasteiger partial charge in [0.05, 0.1) is 5.52 Å². The van der Waals surface area contributed by atoms with Crippen LogP contribution in [0.1, 0.15) is 0 Å². The van der Waals surface area contributed by atoms with Crippen LogP contribution in [-0.2, 0) is 0 Å². The third kappa shape index (κ3) is 2.20. The number of nitrogens with two attached hydrogens (primary N) is 1. The Hall–Kier alpha value is -2.21. The van der Waals surface area contributed by atoms with Gasteiger partial charge >= 0.3 is 0 Å². The van der Waals surface area contributed by atoms with Gasteiger partial charge in [-0.3, -0.25) is 0 Å². The van der Waals surface area contributed by atoms with Gasteiger partial charge in [-0.05, 0) is 46.2 Å². The van der Waals surface area contributed by atoms with Gasteiger partial charge in [-0.25, -0.2) is 9.97 Å². The Labute approximate surface area is 141 Å². The van der Waals surface area contributed by atoms with Crippen LogP contribution in [0.4, 0.5) is 5.82 Å². The number of anilines is 1. The molecule has 4 heteroatoms. The highest BCUT2D eigenvalue weighted by Crippen LogP contribution is 2.29. The molecule has 0 atom stereocenters. The van der Waals surface area contributed by atoms with Crippen LogP contribution in [0.15, 0.2) is 60.7 Å². The highest BCUT2D eigenvalue weighted by molar-refractivity contribution is 14.1. The van der Waals surface area contributed by atoms with Gasteiger partial charge in [-0.2, -0.15) is 0 Å². The molecule has 0 spiro atoms. The van der Waals surface area contributed by atoms with Gasteiger partial charge < -0.3 is 5.73 Å². The summed E-state index contributed by atoms with van der Waals surface area (Å²) in [4.78, 5) is 9.24. The summed E-state index contributed by atoms with van der Waals surface area (Å²) in [5.74, 6) is 1.18. The van der Waals surface area contributed by atoms with E-state index in [1.165, 1.54) is 3.57 Å². The molecule has 106 valence electrons. The summed E-state index contributed by atoms with van der Waals surface area (Å²) >= 11 is 2.28. The fourth-order valence-electron chi connectivity index (χ4n) is 2.62. The number of rotatable bonds is 1. The normalized spacial score (nSPS) is 11.1. The third-order valence-electron chi connectivity index (χ3n) is 3.72. The van der Waals surface area contributed by atoms with Crippen molar-refractivity contribution in [3.63, 3.8) is 0 Å². The molecule has 0 amide bonds. The molecule has 0 aliphatic heterocycles. The van der Waals surface area contributed by atoms with E-state index in [-0.39, 0.29) is 0 Å². The van der Waals surface area contributed by atoms with E-state index < -0.39 is 0 Å². The molecule has 3 aromatic carbocycles. The molecule has 0 bridgehead atoms. The Balaban J connectivity index is 2.05. The van der Waals surface area contributed by atoms with E-state index in [0.717, 1.165) is 27.2 Å². The van der Waals surface area contributed by atoms with E-state index in [4.69, 9.17) is 10.7 Å². The van der Waals surface area contributed by atoms with Gasteiger partial charge in [-0.1, -0.05) is 42.5 Å². The summed E-state index contributed by atoms with van der Waals surface area (Å²) in [6.07, 6.45) is 0. The quantitative estimate of drug-likeness (QED) is 0.376. The Bertz CT molecular complexity index is 994. The van der Waals surface area contributed by atoms with Crippen molar-refractivity contribution in [2.75, 3.05) is 5.73 Å². The van der Waals surface area contributed by atoms with Gasteiger partial charge in [0.1, 0.15) is 5.82 Å². The van der Waals surface area contributed by atoms with Gasteiger partial charge in [0.2, 0.25) is 0 Å². The first-order valence-electron chi connectivity index (χ1n) is 6.93. The SMILES string of the molecule is Nc1nc(-c2ccc(I)cc2)nc2c1ccc1ccccc12.